The fraction of sp³-hybridized carbons (Fsp3) is 0.250. The van der Waals surface area contributed by atoms with E-state index in [-0.39, 0.29) is 5.56 Å². The fourth-order valence-electron chi connectivity index (χ4n) is 1.67. The van der Waals surface area contributed by atoms with Crippen LogP contribution in [0.5, 0.6) is 5.75 Å². The van der Waals surface area contributed by atoms with Crippen molar-refractivity contribution in [3.05, 3.63) is 34.6 Å². The van der Waals surface area contributed by atoms with Gasteiger partial charge in [-0.1, -0.05) is 6.07 Å². The van der Waals surface area contributed by atoms with Gasteiger partial charge in [0, 0.05) is 19.5 Å². The molecule has 4 heteroatoms. The molecule has 0 spiro atoms. The van der Waals surface area contributed by atoms with Crippen LogP contribution in [0.3, 0.4) is 0 Å². The molecular weight excluding hydrogens is 204 g/mol. The Balaban J connectivity index is 2.83. The molecule has 2 aromatic rings. The summed E-state index contributed by atoms with van der Waals surface area (Å²) in [6, 6.07) is 7.36. The average Bonchev–Trinajstić information content (AvgIpc) is 2.28. The number of fused-ring (bicyclic) bond motifs is 1. The monoisotopic (exact) mass is 218 g/mol. The van der Waals surface area contributed by atoms with Gasteiger partial charge in [0.15, 0.2) is 0 Å². The Morgan fingerprint density at radius 3 is 2.62 bits per heavy atom. The summed E-state index contributed by atoms with van der Waals surface area (Å²) in [7, 11) is 5.37. The Kier molecular flexibility index (Phi) is 2.56. The second-order valence-corrected chi connectivity index (χ2v) is 3.80. The number of aromatic nitrogens is 1. The number of hydrogen-bond donors (Lipinski definition) is 1. The van der Waals surface area contributed by atoms with Crippen molar-refractivity contribution in [3.8, 4) is 5.75 Å². The van der Waals surface area contributed by atoms with Crippen LogP contribution in [0.15, 0.2) is 29.1 Å². The van der Waals surface area contributed by atoms with Crippen LogP contribution in [-0.2, 0) is 0 Å². The maximum atomic E-state index is 11.8. The number of anilines is 1. The van der Waals surface area contributed by atoms with Gasteiger partial charge in [0.2, 0.25) is 0 Å². The highest BCUT2D eigenvalue weighted by Crippen LogP contribution is 2.24. The number of H-pyrrole nitrogens is 1. The van der Waals surface area contributed by atoms with Crippen LogP contribution in [0.4, 0.5) is 5.82 Å². The molecule has 1 aromatic heterocycles. The number of nitrogens with one attached hydrogen (secondary N) is 1. The fourth-order valence-corrected chi connectivity index (χ4v) is 1.67. The second kappa shape index (κ2) is 3.89. The summed E-state index contributed by atoms with van der Waals surface area (Å²) < 4.78 is 5.25. The third kappa shape index (κ3) is 1.62. The summed E-state index contributed by atoms with van der Waals surface area (Å²) in [5.74, 6) is 1.48. The van der Waals surface area contributed by atoms with Crippen LogP contribution in [-0.4, -0.2) is 26.2 Å². The predicted octanol–water partition coefficient (Wildman–Crippen LogP) is 1.60. The lowest BCUT2D eigenvalue weighted by Gasteiger charge is -2.13. The van der Waals surface area contributed by atoms with Gasteiger partial charge in [0.25, 0.3) is 5.56 Å². The standard InChI is InChI=1S/C12H14N2O2/c1-14(2)11-7-9-8(12(15)13-11)5-4-6-10(9)16-3/h4-7H,1-3H3,(H,13,15). The molecule has 0 unspecified atom stereocenters. The highest BCUT2D eigenvalue weighted by Gasteiger charge is 2.07. The van der Waals surface area contributed by atoms with Gasteiger partial charge in [0.1, 0.15) is 11.6 Å². The van der Waals surface area contributed by atoms with E-state index in [1.807, 2.05) is 37.2 Å². The molecule has 0 atom stereocenters. The maximum absolute atomic E-state index is 11.8. The molecule has 0 aliphatic carbocycles. The number of rotatable bonds is 2. The van der Waals surface area contributed by atoms with E-state index >= 15 is 0 Å². The number of benzene rings is 1. The molecule has 4 nitrogen and oxygen atoms in total. The van der Waals surface area contributed by atoms with Crippen LogP contribution >= 0.6 is 0 Å². The quantitative estimate of drug-likeness (QED) is 0.832. The lowest BCUT2D eigenvalue weighted by Crippen LogP contribution is -2.16. The van der Waals surface area contributed by atoms with E-state index in [2.05, 4.69) is 4.98 Å². The maximum Gasteiger partial charge on any atom is 0.257 e. The molecule has 2 rings (SSSR count). The first-order chi connectivity index (χ1) is 7.63. The Hall–Kier alpha value is -1.97. The smallest absolute Gasteiger partial charge is 0.257 e. The zero-order valence-electron chi connectivity index (χ0n) is 9.57. The highest BCUT2D eigenvalue weighted by atomic mass is 16.5. The summed E-state index contributed by atoms with van der Waals surface area (Å²) in [5.41, 5.74) is -0.0971. The molecular formula is C12H14N2O2. The van der Waals surface area contributed by atoms with E-state index in [1.54, 1.807) is 13.2 Å². The van der Waals surface area contributed by atoms with E-state index in [9.17, 15) is 4.79 Å². The highest BCUT2D eigenvalue weighted by molar-refractivity contribution is 5.89. The molecule has 0 bridgehead atoms. The molecule has 1 N–H and O–H groups in total. The van der Waals surface area contributed by atoms with Crippen molar-refractivity contribution in [1.82, 2.24) is 4.98 Å². The molecule has 84 valence electrons. The molecule has 0 aliphatic heterocycles. The first-order valence-corrected chi connectivity index (χ1v) is 5.01. The molecule has 0 amide bonds. The van der Waals surface area contributed by atoms with Gasteiger partial charge in [0.05, 0.1) is 12.5 Å². The summed E-state index contributed by atoms with van der Waals surface area (Å²) >= 11 is 0. The van der Waals surface area contributed by atoms with Crippen molar-refractivity contribution in [3.63, 3.8) is 0 Å². The Labute approximate surface area is 93.5 Å². The summed E-state index contributed by atoms with van der Waals surface area (Å²) in [5, 5.41) is 1.47. The van der Waals surface area contributed by atoms with Gasteiger partial charge in [-0.15, -0.1) is 0 Å². The van der Waals surface area contributed by atoms with Crippen LogP contribution in [0.1, 0.15) is 0 Å². The Morgan fingerprint density at radius 2 is 2.00 bits per heavy atom. The molecule has 0 fully saturated rings. The van der Waals surface area contributed by atoms with Crippen molar-refractivity contribution < 1.29 is 4.74 Å². The third-order valence-corrected chi connectivity index (χ3v) is 2.54. The lowest BCUT2D eigenvalue weighted by molar-refractivity contribution is 0.420. The van der Waals surface area contributed by atoms with Crippen LogP contribution in [0.25, 0.3) is 10.8 Å². The molecule has 16 heavy (non-hydrogen) atoms. The van der Waals surface area contributed by atoms with Gasteiger partial charge in [-0.25, -0.2) is 0 Å². The molecule has 0 saturated heterocycles. The molecule has 0 saturated carbocycles. The van der Waals surface area contributed by atoms with Gasteiger partial charge in [-0.05, 0) is 18.2 Å². The normalized spacial score (nSPS) is 10.4. The van der Waals surface area contributed by atoms with E-state index < -0.39 is 0 Å². The number of hydrogen-bond acceptors (Lipinski definition) is 3. The van der Waals surface area contributed by atoms with E-state index in [0.717, 1.165) is 11.2 Å². The number of pyridine rings is 1. The van der Waals surface area contributed by atoms with Gasteiger partial charge >= 0.3 is 0 Å². The van der Waals surface area contributed by atoms with Crippen LogP contribution < -0.4 is 15.2 Å². The zero-order chi connectivity index (χ0) is 11.7. The van der Waals surface area contributed by atoms with Gasteiger partial charge < -0.3 is 14.6 Å². The minimum atomic E-state index is -0.0971. The van der Waals surface area contributed by atoms with Crippen molar-refractivity contribution in [2.75, 3.05) is 26.1 Å². The second-order valence-electron chi connectivity index (χ2n) is 3.80. The van der Waals surface area contributed by atoms with Crippen molar-refractivity contribution in [2.24, 2.45) is 0 Å². The Morgan fingerprint density at radius 1 is 1.25 bits per heavy atom. The zero-order valence-corrected chi connectivity index (χ0v) is 9.57. The van der Waals surface area contributed by atoms with Crippen LogP contribution in [0.2, 0.25) is 0 Å². The van der Waals surface area contributed by atoms with Crippen LogP contribution in [0, 0.1) is 0 Å². The molecule has 0 radical (unpaired) electrons. The van der Waals surface area contributed by atoms with E-state index in [4.69, 9.17) is 4.74 Å². The third-order valence-electron chi connectivity index (χ3n) is 2.54. The summed E-state index contributed by atoms with van der Waals surface area (Å²) in [6.45, 7) is 0. The van der Waals surface area contributed by atoms with Crippen molar-refractivity contribution in [2.45, 2.75) is 0 Å². The van der Waals surface area contributed by atoms with Gasteiger partial charge in [-0.2, -0.15) is 0 Å². The Bertz CT molecular complexity index is 573. The first-order valence-electron chi connectivity index (χ1n) is 5.01. The number of methoxy groups -OCH3 is 1. The average molecular weight is 218 g/mol. The predicted molar refractivity (Wildman–Crippen MR) is 65.4 cm³/mol. The van der Waals surface area contributed by atoms with Crippen molar-refractivity contribution in [1.29, 1.82) is 0 Å². The van der Waals surface area contributed by atoms with E-state index in [1.165, 1.54) is 0 Å². The molecule has 1 heterocycles. The minimum Gasteiger partial charge on any atom is -0.496 e. The lowest BCUT2D eigenvalue weighted by atomic mass is 10.1. The molecule has 1 aromatic carbocycles. The minimum absolute atomic E-state index is 0.0971. The number of aromatic amines is 1. The van der Waals surface area contributed by atoms with Crippen molar-refractivity contribution >= 4 is 16.6 Å². The summed E-state index contributed by atoms with van der Waals surface area (Å²) in [6.07, 6.45) is 0. The number of nitrogens with zero attached hydrogens (tertiary/aromatic N) is 1. The van der Waals surface area contributed by atoms with E-state index in [0.29, 0.717) is 11.1 Å². The topological polar surface area (TPSA) is 45.3 Å². The SMILES string of the molecule is COc1cccc2c(=O)[nH]c(N(C)C)cc12. The largest absolute Gasteiger partial charge is 0.496 e. The van der Waals surface area contributed by atoms with Gasteiger partial charge in [-0.3, -0.25) is 4.79 Å². The summed E-state index contributed by atoms with van der Waals surface area (Å²) in [4.78, 5) is 16.5. The first kappa shape index (κ1) is 10.5. The molecule has 0 aliphatic rings. The number of ether oxygens (including phenoxy) is 1.